The zero-order valence-electron chi connectivity index (χ0n) is 16.6. The van der Waals surface area contributed by atoms with E-state index in [9.17, 15) is 4.79 Å². The van der Waals surface area contributed by atoms with Gasteiger partial charge in [0.25, 0.3) is 0 Å². The summed E-state index contributed by atoms with van der Waals surface area (Å²) in [4.78, 5) is 19.3. The van der Waals surface area contributed by atoms with E-state index in [1.165, 1.54) is 12.8 Å². The molecule has 0 N–H and O–H groups in total. The fourth-order valence-electron chi connectivity index (χ4n) is 4.36. The zero-order valence-corrected chi connectivity index (χ0v) is 16.6. The summed E-state index contributed by atoms with van der Waals surface area (Å²) in [7, 11) is 2.12. The third-order valence-corrected chi connectivity index (χ3v) is 6.47. The van der Waals surface area contributed by atoms with Crippen LogP contribution in [-0.4, -0.2) is 81.8 Å². The molecule has 0 radical (unpaired) electrons. The molecule has 4 heterocycles. The van der Waals surface area contributed by atoms with Crippen LogP contribution in [0.5, 0.6) is 0 Å². The molecule has 3 fully saturated rings. The van der Waals surface area contributed by atoms with E-state index in [0.29, 0.717) is 24.2 Å². The first-order valence-electron chi connectivity index (χ1n) is 10.6. The van der Waals surface area contributed by atoms with Crippen LogP contribution in [0.4, 0.5) is 5.82 Å². The van der Waals surface area contributed by atoms with Crippen molar-refractivity contribution in [3.05, 3.63) is 18.0 Å². The standard InChI is InChI=1S/C20H29N7O/c1-24-10-12-26(13-11-24)19(28)14-15-6-8-25(9-7-15)18-5-4-17-21-22-20(16-2-3-16)27(17)23-18/h4-5,15-16H,2-3,6-14H2,1H3. The first-order valence-corrected chi connectivity index (χ1v) is 10.6. The average molecular weight is 384 g/mol. The number of hydrogen-bond acceptors (Lipinski definition) is 6. The van der Waals surface area contributed by atoms with Crippen LogP contribution in [0, 0.1) is 5.92 Å². The molecule has 150 valence electrons. The maximum Gasteiger partial charge on any atom is 0.222 e. The number of piperazine rings is 1. The number of anilines is 1. The third-order valence-electron chi connectivity index (χ3n) is 6.47. The summed E-state index contributed by atoms with van der Waals surface area (Å²) in [5, 5.41) is 13.4. The normalized spacial score (nSPS) is 22.2. The van der Waals surface area contributed by atoms with Gasteiger partial charge in [0, 0.05) is 51.6 Å². The smallest absolute Gasteiger partial charge is 0.222 e. The van der Waals surface area contributed by atoms with Crippen LogP contribution in [0.2, 0.25) is 0 Å². The van der Waals surface area contributed by atoms with E-state index in [0.717, 1.165) is 69.4 Å². The van der Waals surface area contributed by atoms with Crippen molar-refractivity contribution < 1.29 is 4.79 Å². The zero-order chi connectivity index (χ0) is 19.1. The molecule has 0 bridgehead atoms. The van der Waals surface area contributed by atoms with E-state index in [1.807, 2.05) is 15.5 Å². The summed E-state index contributed by atoms with van der Waals surface area (Å²) in [5.74, 6) is 3.36. The number of carbonyl (C=O) groups is 1. The van der Waals surface area contributed by atoms with Gasteiger partial charge in [-0.15, -0.1) is 15.3 Å². The van der Waals surface area contributed by atoms with Gasteiger partial charge >= 0.3 is 0 Å². The SMILES string of the molecule is CN1CCN(C(=O)CC2CCN(c3ccc4nnc(C5CC5)n4n3)CC2)CC1. The molecule has 0 spiro atoms. The van der Waals surface area contributed by atoms with E-state index < -0.39 is 0 Å². The monoisotopic (exact) mass is 383 g/mol. The Bertz CT molecular complexity index is 845. The Kier molecular flexibility index (Phi) is 4.66. The minimum atomic E-state index is 0.338. The average Bonchev–Trinajstić information content (AvgIpc) is 3.48. The first kappa shape index (κ1) is 17.8. The van der Waals surface area contributed by atoms with E-state index in [-0.39, 0.29) is 0 Å². The highest BCUT2D eigenvalue weighted by atomic mass is 16.2. The Hall–Kier alpha value is -2.22. The number of likely N-dealkylation sites (N-methyl/N-ethyl adjacent to an activating group) is 1. The molecule has 0 atom stereocenters. The Labute approximate surface area is 165 Å². The Morgan fingerprint density at radius 3 is 2.46 bits per heavy atom. The number of fused-ring (bicyclic) bond motifs is 1. The van der Waals surface area contributed by atoms with Crippen LogP contribution in [-0.2, 0) is 4.79 Å². The molecule has 1 amide bonds. The van der Waals surface area contributed by atoms with Gasteiger partial charge in [0.15, 0.2) is 11.5 Å². The number of hydrogen-bond donors (Lipinski definition) is 0. The molecule has 5 rings (SSSR count). The first-order chi connectivity index (χ1) is 13.7. The van der Waals surface area contributed by atoms with Gasteiger partial charge in [-0.2, -0.15) is 4.52 Å². The van der Waals surface area contributed by atoms with Crippen molar-refractivity contribution in [2.45, 2.75) is 38.0 Å². The lowest BCUT2D eigenvalue weighted by Crippen LogP contribution is -2.47. The second kappa shape index (κ2) is 7.31. The van der Waals surface area contributed by atoms with Gasteiger partial charge in [-0.25, -0.2) is 0 Å². The van der Waals surface area contributed by atoms with Crippen LogP contribution in [0.1, 0.15) is 43.8 Å². The largest absolute Gasteiger partial charge is 0.355 e. The van der Waals surface area contributed by atoms with Crippen molar-refractivity contribution in [1.29, 1.82) is 0 Å². The predicted molar refractivity (Wildman–Crippen MR) is 106 cm³/mol. The lowest BCUT2D eigenvalue weighted by molar-refractivity contribution is -0.133. The second-order valence-corrected chi connectivity index (χ2v) is 8.61. The van der Waals surface area contributed by atoms with Crippen LogP contribution in [0.15, 0.2) is 12.1 Å². The molecule has 3 aliphatic rings. The molecule has 0 unspecified atom stereocenters. The minimum absolute atomic E-state index is 0.338. The number of piperidine rings is 1. The maximum absolute atomic E-state index is 12.6. The van der Waals surface area contributed by atoms with E-state index >= 15 is 0 Å². The van der Waals surface area contributed by atoms with Crippen LogP contribution >= 0.6 is 0 Å². The lowest BCUT2D eigenvalue weighted by Gasteiger charge is -2.35. The molecule has 1 saturated carbocycles. The molecule has 8 heteroatoms. The van der Waals surface area contributed by atoms with Crippen molar-refractivity contribution in [2.75, 3.05) is 51.2 Å². The summed E-state index contributed by atoms with van der Waals surface area (Å²) < 4.78 is 1.93. The van der Waals surface area contributed by atoms with Crippen molar-refractivity contribution in [3.63, 3.8) is 0 Å². The molecule has 28 heavy (non-hydrogen) atoms. The van der Waals surface area contributed by atoms with Gasteiger partial charge in [0.2, 0.25) is 5.91 Å². The van der Waals surface area contributed by atoms with Gasteiger partial charge in [-0.05, 0) is 50.8 Å². The number of amides is 1. The highest BCUT2D eigenvalue weighted by Crippen LogP contribution is 2.38. The molecule has 2 aromatic rings. The molecule has 0 aromatic carbocycles. The number of rotatable bonds is 4. The van der Waals surface area contributed by atoms with Crippen molar-refractivity contribution in [2.24, 2.45) is 5.92 Å². The van der Waals surface area contributed by atoms with Crippen LogP contribution in [0.25, 0.3) is 5.65 Å². The summed E-state index contributed by atoms with van der Waals surface area (Å²) in [6.07, 6.45) is 5.19. The Balaban J connectivity index is 1.18. The van der Waals surface area contributed by atoms with E-state index in [1.54, 1.807) is 0 Å². The van der Waals surface area contributed by atoms with Crippen LogP contribution < -0.4 is 4.90 Å². The summed E-state index contributed by atoms with van der Waals surface area (Å²) in [6.45, 7) is 5.65. The van der Waals surface area contributed by atoms with Crippen LogP contribution in [0.3, 0.4) is 0 Å². The fourth-order valence-corrected chi connectivity index (χ4v) is 4.36. The molecule has 2 aromatic heterocycles. The number of aromatic nitrogens is 4. The maximum atomic E-state index is 12.6. The fraction of sp³-hybridized carbons (Fsp3) is 0.700. The molecule has 1 aliphatic carbocycles. The molecule has 8 nitrogen and oxygen atoms in total. The summed E-state index contributed by atoms with van der Waals surface area (Å²) in [5.41, 5.74) is 0.832. The van der Waals surface area contributed by atoms with Gasteiger partial charge < -0.3 is 14.7 Å². The predicted octanol–water partition coefficient (Wildman–Crippen LogP) is 1.38. The summed E-state index contributed by atoms with van der Waals surface area (Å²) in [6, 6.07) is 4.07. The lowest BCUT2D eigenvalue weighted by atomic mass is 9.93. The van der Waals surface area contributed by atoms with Crippen molar-refractivity contribution >= 4 is 17.4 Å². The van der Waals surface area contributed by atoms with E-state index in [2.05, 4.69) is 33.1 Å². The Morgan fingerprint density at radius 1 is 1.00 bits per heavy atom. The van der Waals surface area contributed by atoms with Crippen molar-refractivity contribution in [3.8, 4) is 0 Å². The highest BCUT2D eigenvalue weighted by Gasteiger charge is 2.30. The minimum Gasteiger partial charge on any atom is -0.355 e. The summed E-state index contributed by atoms with van der Waals surface area (Å²) >= 11 is 0. The quantitative estimate of drug-likeness (QED) is 0.795. The number of carbonyl (C=O) groups excluding carboxylic acids is 1. The van der Waals surface area contributed by atoms with Gasteiger partial charge in [-0.1, -0.05) is 0 Å². The number of nitrogens with zero attached hydrogens (tertiary/aromatic N) is 7. The highest BCUT2D eigenvalue weighted by molar-refractivity contribution is 5.76. The third kappa shape index (κ3) is 3.57. The Morgan fingerprint density at radius 2 is 1.75 bits per heavy atom. The van der Waals surface area contributed by atoms with Crippen molar-refractivity contribution in [1.82, 2.24) is 29.6 Å². The van der Waals surface area contributed by atoms with Gasteiger partial charge in [-0.3, -0.25) is 4.79 Å². The second-order valence-electron chi connectivity index (χ2n) is 8.61. The van der Waals surface area contributed by atoms with E-state index in [4.69, 9.17) is 5.10 Å². The molecular formula is C20H29N7O. The van der Waals surface area contributed by atoms with Gasteiger partial charge in [0.05, 0.1) is 0 Å². The topological polar surface area (TPSA) is 69.9 Å². The molecule has 2 aliphatic heterocycles. The van der Waals surface area contributed by atoms with Gasteiger partial charge in [0.1, 0.15) is 5.82 Å². The molecular weight excluding hydrogens is 354 g/mol. The molecule has 2 saturated heterocycles.